The van der Waals surface area contributed by atoms with E-state index in [0.717, 1.165) is 59.2 Å². The quantitative estimate of drug-likeness (QED) is 0.172. The lowest BCUT2D eigenvalue weighted by molar-refractivity contribution is -0.188. The van der Waals surface area contributed by atoms with Crippen molar-refractivity contribution in [3.8, 4) is 5.69 Å². The van der Waals surface area contributed by atoms with Crippen molar-refractivity contribution in [1.82, 2.24) is 4.57 Å². The van der Waals surface area contributed by atoms with Crippen LogP contribution in [0.5, 0.6) is 0 Å². The normalized spacial score (nSPS) is 36.4. The molecular formula is C48H51NS. The fourth-order valence-corrected chi connectivity index (χ4v) is 16.2. The maximum atomic E-state index is 2.69. The second-order valence-corrected chi connectivity index (χ2v) is 19.1. The van der Waals surface area contributed by atoms with Gasteiger partial charge in [-0.2, -0.15) is 0 Å². The summed E-state index contributed by atoms with van der Waals surface area (Å²) < 4.78 is 5.40. The molecule has 0 bridgehead atoms. The number of benzene rings is 4. The molecule has 6 aliphatic rings. The molecule has 2 aromatic heterocycles. The maximum Gasteiger partial charge on any atom is 0.0555 e. The van der Waals surface area contributed by atoms with Crippen LogP contribution in [0.3, 0.4) is 0 Å². The molecule has 6 fully saturated rings. The molecule has 0 spiro atoms. The third-order valence-corrected chi connectivity index (χ3v) is 17.6. The molecule has 50 heavy (non-hydrogen) atoms. The number of para-hydroxylation sites is 1. The highest BCUT2D eigenvalue weighted by atomic mass is 32.1. The summed E-state index contributed by atoms with van der Waals surface area (Å²) in [4.78, 5) is 0. The molecular weight excluding hydrogens is 623 g/mol. The van der Waals surface area contributed by atoms with Gasteiger partial charge < -0.3 is 4.57 Å². The van der Waals surface area contributed by atoms with E-state index >= 15 is 0 Å². The Balaban J connectivity index is 0.973. The highest BCUT2D eigenvalue weighted by Crippen LogP contribution is 2.69. The summed E-state index contributed by atoms with van der Waals surface area (Å²) in [6.45, 7) is 0. The van der Waals surface area contributed by atoms with Gasteiger partial charge in [0.15, 0.2) is 0 Å². The van der Waals surface area contributed by atoms with E-state index in [-0.39, 0.29) is 0 Å². The average molecular weight is 674 g/mol. The van der Waals surface area contributed by atoms with Gasteiger partial charge in [0.25, 0.3) is 0 Å². The molecule has 11 unspecified atom stereocenters. The second-order valence-electron chi connectivity index (χ2n) is 18.0. The summed E-state index contributed by atoms with van der Waals surface area (Å²) in [5, 5.41) is 5.75. The molecule has 0 N–H and O–H groups in total. The van der Waals surface area contributed by atoms with Crippen molar-refractivity contribution in [3.05, 3.63) is 90.5 Å². The summed E-state index contributed by atoms with van der Waals surface area (Å²) in [5.41, 5.74) is 5.61. The van der Waals surface area contributed by atoms with Crippen LogP contribution < -0.4 is 0 Å². The predicted octanol–water partition coefficient (Wildman–Crippen LogP) is 13.6. The van der Waals surface area contributed by atoms with Gasteiger partial charge in [0.05, 0.1) is 11.0 Å². The monoisotopic (exact) mass is 673 g/mol. The minimum atomic E-state index is 0.708. The molecule has 4 aromatic carbocycles. The molecule has 1 nitrogen and oxygen atoms in total. The minimum absolute atomic E-state index is 0.708. The van der Waals surface area contributed by atoms with E-state index in [9.17, 15) is 0 Å². The molecule has 6 aromatic rings. The Morgan fingerprint density at radius 3 is 1.88 bits per heavy atom. The first kappa shape index (κ1) is 29.5. The molecule has 254 valence electrons. The maximum absolute atomic E-state index is 2.69. The van der Waals surface area contributed by atoms with E-state index in [1.165, 1.54) is 92.6 Å². The molecule has 0 radical (unpaired) electrons. The van der Waals surface area contributed by atoms with Crippen molar-refractivity contribution >= 4 is 53.3 Å². The van der Waals surface area contributed by atoms with E-state index < -0.39 is 0 Å². The number of aromatic nitrogens is 1. The van der Waals surface area contributed by atoms with E-state index in [1.807, 2.05) is 11.3 Å². The largest absolute Gasteiger partial charge is 0.309 e. The number of hydrogen-bond acceptors (Lipinski definition) is 1. The first-order chi connectivity index (χ1) is 24.8. The molecule has 0 amide bonds. The van der Waals surface area contributed by atoms with Crippen LogP contribution in [0.4, 0.5) is 0 Å². The molecule has 6 aliphatic carbocycles. The summed E-state index contributed by atoms with van der Waals surface area (Å²) >= 11 is 1.99. The number of rotatable bonds is 2. The van der Waals surface area contributed by atoms with Crippen LogP contribution in [0, 0.1) is 59.2 Å². The second kappa shape index (κ2) is 11.2. The Hall–Kier alpha value is -3.10. The van der Waals surface area contributed by atoms with Crippen LogP contribution in [0.2, 0.25) is 0 Å². The van der Waals surface area contributed by atoms with Crippen LogP contribution >= 0.6 is 11.3 Å². The lowest BCUT2D eigenvalue weighted by atomic mass is 9.37. The smallest absolute Gasteiger partial charge is 0.0555 e. The van der Waals surface area contributed by atoms with Crippen molar-refractivity contribution in [3.63, 3.8) is 0 Å². The third kappa shape index (κ3) is 4.07. The molecule has 0 aliphatic heterocycles. The van der Waals surface area contributed by atoms with E-state index in [1.54, 1.807) is 44.1 Å². The zero-order chi connectivity index (χ0) is 32.5. The van der Waals surface area contributed by atoms with Gasteiger partial charge in [0.2, 0.25) is 0 Å². The van der Waals surface area contributed by atoms with Gasteiger partial charge in [0.1, 0.15) is 0 Å². The average Bonchev–Trinajstić information content (AvgIpc) is 3.73. The summed E-state index contributed by atoms with van der Waals surface area (Å²) in [6, 6.07) is 32.7. The molecule has 2 heteroatoms. The van der Waals surface area contributed by atoms with E-state index in [4.69, 9.17) is 0 Å². The minimum Gasteiger partial charge on any atom is -0.309 e. The van der Waals surface area contributed by atoms with Crippen LogP contribution in [0.25, 0.3) is 47.7 Å². The van der Waals surface area contributed by atoms with Gasteiger partial charge in [-0.1, -0.05) is 74.2 Å². The van der Waals surface area contributed by atoms with E-state index in [2.05, 4.69) is 89.5 Å². The summed E-state index contributed by atoms with van der Waals surface area (Å²) in [7, 11) is 0. The van der Waals surface area contributed by atoms with Gasteiger partial charge in [-0.3, -0.25) is 0 Å². The van der Waals surface area contributed by atoms with Gasteiger partial charge in [-0.15, -0.1) is 11.3 Å². The fraction of sp³-hybridized carbons (Fsp3) is 0.500. The Labute approximate surface area is 301 Å². The van der Waals surface area contributed by atoms with Gasteiger partial charge in [-0.25, -0.2) is 0 Å². The highest BCUT2D eigenvalue weighted by molar-refractivity contribution is 7.26. The lowest BCUT2D eigenvalue weighted by Gasteiger charge is -2.67. The third-order valence-electron chi connectivity index (χ3n) is 16.4. The molecule has 0 saturated heterocycles. The van der Waals surface area contributed by atoms with Crippen LogP contribution in [-0.2, 0) is 0 Å². The fourth-order valence-electron chi connectivity index (χ4n) is 14.9. The predicted molar refractivity (Wildman–Crippen MR) is 211 cm³/mol. The zero-order valence-corrected chi connectivity index (χ0v) is 30.3. The SMILES string of the molecule is c1ccc(-n2c3ccc(C4CCC5C(C4)C4CCCC6C7CCCCC7C7CCCC5C7C64)cc3c3c4sc5ccccc5c4ccc32)cc1. The number of fused-ring (bicyclic) bond motifs is 13. The molecule has 12 rings (SSSR count). The zero-order valence-electron chi connectivity index (χ0n) is 29.5. The first-order valence-corrected chi connectivity index (χ1v) is 21.6. The van der Waals surface area contributed by atoms with Crippen molar-refractivity contribution in [2.75, 3.05) is 0 Å². The topological polar surface area (TPSA) is 4.93 Å². The number of thiophene rings is 1. The molecule has 11 atom stereocenters. The van der Waals surface area contributed by atoms with E-state index in [0.29, 0.717) is 5.92 Å². The van der Waals surface area contributed by atoms with Crippen molar-refractivity contribution in [2.24, 2.45) is 59.2 Å². The van der Waals surface area contributed by atoms with Gasteiger partial charge in [0, 0.05) is 36.6 Å². The molecule has 2 heterocycles. The summed E-state index contributed by atoms with van der Waals surface area (Å²) in [5.74, 6) is 11.3. The Kier molecular flexibility index (Phi) is 6.60. The van der Waals surface area contributed by atoms with Crippen LogP contribution in [0.15, 0.2) is 84.9 Å². The number of nitrogens with zero attached hydrogens (tertiary/aromatic N) is 1. The van der Waals surface area contributed by atoms with Crippen LogP contribution in [-0.4, -0.2) is 4.57 Å². The van der Waals surface area contributed by atoms with Crippen molar-refractivity contribution in [1.29, 1.82) is 0 Å². The Bertz CT molecular complexity index is 2260. The van der Waals surface area contributed by atoms with Crippen LogP contribution in [0.1, 0.15) is 95.0 Å². The highest BCUT2D eigenvalue weighted by Gasteiger charge is 2.62. The standard InChI is InChI=1S/C48H51NS/c1-2-10-30(11-3-1)49-42-24-21-29(27-41(42)47-43(49)25-23-39-34-14-6-7-19-44(34)50-48(39)47)28-20-22-33-37-17-8-15-35-31-12-4-5-13-32(31)36-16-9-18-38(40(33)26-28)46(36)45(35)37/h1-3,6-7,10-11,14,19,21,23-25,27-28,31-33,35-38,40,45-46H,4-5,8-9,12-13,15-18,20,22,26H2. The summed E-state index contributed by atoms with van der Waals surface area (Å²) in [6.07, 6.45) is 19.9. The van der Waals surface area contributed by atoms with Gasteiger partial charge >= 0.3 is 0 Å². The Morgan fingerprint density at radius 1 is 0.480 bits per heavy atom. The number of hydrogen-bond donors (Lipinski definition) is 0. The lowest BCUT2D eigenvalue weighted by Crippen LogP contribution is -2.61. The van der Waals surface area contributed by atoms with Crippen molar-refractivity contribution in [2.45, 2.75) is 89.4 Å². The van der Waals surface area contributed by atoms with Gasteiger partial charge in [-0.05, 0) is 165 Å². The Morgan fingerprint density at radius 2 is 1.12 bits per heavy atom. The molecule has 6 saturated carbocycles. The first-order valence-electron chi connectivity index (χ1n) is 20.8. The van der Waals surface area contributed by atoms with Crippen molar-refractivity contribution < 1.29 is 0 Å².